The minimum absolute atomic E-state index is 0.245. The SMILES string of the molecule is COCCOC.O=C(O)CCCCCCCCC(=O)O. The standard InChI is InChI=1S/C10H18O4.C4H10O2/c11-9(12)7-5-3-1-2-4-6-8-10(13)14;1-5-3-4-6-2/h1-8H2,(H,11,12)(H,13,14);3-4H2,1-2H3. The van der Waals surface area contributed by atoms with Gasteiger partial charge in [-0.2, -0.15) is 0 Å². The van der Waals surface area contributed by atoms with Gasteiger partial charge >= 0.3 is 11.9 Å². The summed E-state index contributed by atoms with van der Waals surface area (Å²) in [6, 6.07) is 0. The lowest BCUT2D eigenvalue weighted by atomic mass is 10.1. The van der Waals surface area contributed by atoms with Gasteiger partial charge in [-0.25, -0.2) is 0 Å². The maximum absolute atomic E-state index is 10.1. The highest BCUT2D eigenvalue weighted by atomic mass is 16.5. The normalized spacial score (nSPS) is 9.70. The average molecular weight is 292 g/mol. The highest BCUT2D eigenvalue weighted by molar-refractivity contribution is 5.66. The second kappa shape index (κ2) is 17.9. The molecule has 0 atom stereocenters. The lowest BCUT2D eigenvalue weighted by molar-refractivity contribution is -0.138. The summed E-state index contributed by atoms with van der Waals surface area (Å²) in [5.41, 5.74) is 0. The Bertz CT molecular complexity index is 206. The lowest BCUT2D eigenvalue weighted by Gasteiger charge is -1.98. The molecular weight excluding hydrogens is 264 g/mol. The summed E-state index contributed by atoms with van der Waals surface area (Å²) < 4.78 is 9.31. The van der Waals surface area contributed by atoms with Crippen LogP contribution < -0.4 is 0 Å². The van der Waals surface area contributed by atoms with E-state index < -0.39 is 11.9 Å². The summed E-state index contributed by atoms with van der Waals surface area (Å²) in [5.74, 6) is -1.48. The molecule has 0 radical (unpaired) electrons. The number of carboxylic acids is 2. The molecule has 120 valence electrons. The van der Waals surface area contributed by atoms with E-state index in [-0.39, 0.29) is 12.8 Å². The Hall–Kier alpha value is -1.14. The summed E-state index contributed by atoms with van der Waals surface area (Å²) in [6.45, 7) is 1.38. The molecule has 20 heavy (non-hydrogen) atoms. The molecule has 6 heteroatoms. The first kappa shape index (κ1) is 21.2. The van der Waals surface area contributed by atoms with Gasteiger partial charge in [0, 0.05) is 27.1 Å². The van der Waals surface area contributed by atoms with Gasteiger partial charge in [0.1, 0.15) is 0 Å². The van der Waals surface area contributed by atoms with Gasteiger partial charge in [0.25, 0.3) is 0 Å². The number of hydrogen-bond acceptors (Lipinski definition) is 4. The second-order valence-corrected chi connectivity index (χ2v) is 4.39. The summed E-state index contributed by atoms with van der Waals surface area (Å²) in [5, 5.41) is 16.7. The molecular formula is C14H28O6. The molecule has 0 bridgehead atoms. The van der Waals surface area contributed by atoms with E-state index >= 15 is 0 Å². The molecule has 0 saturated heterocycles. The molecule has 0 amide bonds. The van der Waals surface area contributed by atoms with Crippen LogP contribution in [0, 0.1) is 0 Å². The van der Waals surface area contributed by atoms with Gasteiger partial charge in [-0.15, -0.1) is 0 Å². The zero-order valence-electron chi connectivity index (χ0n) is 12.6. The fourth-order valence-corrected chi connectivity index (χ4v) is 1.43. The van der Waals surface area contributed by atoms with E-state index in [4.69, 9.17) is 10.2 Å². The van der Waals surface area contributed by atoms with Crippen molar-refractivity contribution in [2.45, 2.75) is 51.4 Å². The Balaban J connectivity index is 0. The average Bonchev–Trinajstić information content (AvgIpc) is 2.39. The van der Waals surface area contributed by atoms with Crippen molar-refractivity contribution in [3.63, 3.8) is 0 Å². The van der Waals surface area contributed by atoms with Crippen LogP contribution in [0.5, 0.6) is 0 Å². The van der Waals surface area contributed by atoms with Gasteiger partial charge in [0.05, 0.1) is 13.2 Å². The predicted molar refractivity (Wildman–Crippen MR) is 76.0 cm³/mol. The number of rotatable bonds is 12. The molecule has 0 heterocycles. The number of ether oxygens (including phenoxy) is 2. The lowest BCUT2D eigenvalue weighted by Crippen LogP contribution is -1.96. The summed E-state index contributed by atoms with van der Waals surface area (Å²) in [4.78, 5) is 20.3. The molecule has 0 saturated carbocycles. The Morgan fingerprint density at radius 1 is 0.700 bits per heavy atom. The summed E-state index contributed by atoms with van der Waals surface area (Å²) in [7, 11) is 3.30. The molecule has 0 aromatic heterocycles. The van der Waals surface area contributed by atoms with Crippen LogP contribution in [0.2, 0.25) is 0 Å². The van der Waals surface area contributed by atoms with Crippen LogP contribution in [0.3, 0.4) is 0 Å². The van der Waals surface area contributed by atoms with E-state index in [9.17, 15) is 9.59 Å². The van der Waals surface area contributed by atoms with Crippen LogP contribution >= 0.6 is 0 Å². The van der Waals surface area contributed by atoms with Gasteiger partial charge in [-0.3, -0.25) is 9.59 Å². The van der Waals surface area contributed by atoms with Crippen LogP contribution in [0.1, 0.15) is 51.4 Å². The van der Waals surface area contributed by atoms with Gasteiger partial charge < -0.3 is 19.7 Å². The highest BCUT2D eigenvalue weighted by Gasteiger charge is 1.98. The van der Waals surface area contributed by atoms with Crippen LogP contribution in [-0.2, 0) is 19.1 Å². The largest absolute Gasteiger partial charge is 0.481 e. The third kappa shape index (κ3) is 25.6. The van der Waals surface area contributed by atoms with E-state index in [1.165, 1.54) is 0 Å². The molecule has 0 aromatic carbocycles. The fraction of sp³-hybridized carbons (Fsp3) is 0.857. The maximum atomic E-state index is 10.1. The molecule has 0 aliphatic heterocycles. The topological polar surface area (TPSA) is 93.1 Å². The van der Waals surface area contributed by atoms with E-state index in [0.29, 0.717) is 13.2 Å². The number of aliphatic carboxylic acids is 2. The third-order valence-electron chi connectivity index (χ3n) is 2.52. The van der Waals surface area contributed by atoms with Gasteiger partial charge in [-0.1, -0.05) is 25.7 Å². The number of carbonyl (C=O) groups is 2. The van der Waals surface area contributed by atoms with Crippen molar-refractivity contribution in [2.24, 2.45) is 0 Å². The smallest absolute Gasteiger partial charge is 0.303 e. The van der Waals surface area contributed by atoms with Crippen LogP contribution in [0.25, 0.3) is 0 Å². The first-order valence-electron chi connectivity index (χ1n) is 6.96. The number of carboxylic acid groups (broad SMARTS) is 2. The van der Waals surface area contributed by atoms with E-state index in [1.54, 1.807) is 14.2 Å². The third-order valence-corrected chi connectivity index (χ3v) is 2.52. The predicted octanol–water partition coefficient (Wildman–Crippen LogP) is 2.56. The monoisotopic (exact) mass is 292 g/mol. The van der Waals surface area contributed by atoms with Gasteiger partial charge in [0.2, 0.25) is 0 Å². The summed E-state index contributed by atoms with van der Waals surface area (Å²) >= 11 is 0. The maximum Gasteiger partial charge on any atom is 0.303 e. The van der Waals surface area contributed by atoms with Crippen molar-refractivity contribution in [2.75, 3.05) is 27.4 Å². The molecule has 2 N–H and O–H groups in total. The molecule has 0 rings (SSSR count). The molecule has 0 aromatic rings. The number of hydrogen-bond donors (Lipinski definition) is 2. The van der Waals surface area contributed by atoms with Crippen molar-refractivity contribution in [1.29, 1.82) is 0 Å². The Morgan fingerprint density at radius 3 is 1.25 bits per heavy atom. The zero-order chi connectivity index (χ0) is 15.6. The van der Waals surface area contributed by atoms with Gasteiger partial charge in [-0.05, 0) is 12.8 Å². The van der Waals surface area contributed by atoms with E-state index in [2.05, 4.69) is 9.47 Å². The molecule has 0 spiro atoms. The van der Waals surface area contributed by atoms with Crippen molar-refractivity contribution < 1.29 is 29.3 Å². The quantitative estimate of drug-likeness (QED) is 0.537. The molecule has 0 unspecified atom stereocenters. The van der Waals surface area contributed by atoms with Crippen molar-refractivity contribution in [1.82, 2.24) is 0 Å². The first-order chi connectivity index (χ1) is 9.54. The van der Waals surface area contributed by atoms with E-state index in [0.717, 1.165) is 38.5 Å². The Kier molecular flexibility index (Phi) is 18.9. The molecule has 0 aliphatic carbocycles. The minimum atomic E-state index is -0.740. The van der Waals surface area contributed by atoms with E-state index in [1.807, 2.05) is 0 Å². The first-order valence-corrected chi connectivity index (χ1v) is 6.96. The van der Waals surface area contributed by atoms with Crippen LogP contribution in [0.15, 0.2) is 0 Å². The fourth-order valence-electron chi connectivity index (χ4n) is 1.43. The number of methoxy groups -OCH3 is 2. The van der Waals surface area contributed by atoms with Crippen molar-refractivity contribution in [3.05, 3.63) is 0 Å². The highest BCUT2D eigenvalue weighted by Crippen LogP contribution is 2.08. The molecule has 0 fully saturated rings. The van der Waals surface area contributed by atoms with Crippen LogP contribution in [-0.4, -0.2) is 49.6 Å². The van der Waals surface area contributed by atoms with Crippen molar-refractivity contribution >= 4 is 11.9 Å². The second-order valence-electron chi connectivity index (χ2n) is 4.39. The zero-order valence-corrected chi connectivity index (χ0v) is 12.6. The minimum Gasteiger partial charge on any atom is -0.481 e. The Labute approximate surface area is 121 Å². The number of unbranched alkanes of at least 4 members (excludes halogenated alkanes) is 5. The molecule has 0 aliphatic rings. The van der Waals surface area contributed by atoms with Crippen molar-refractivity contribution in [3.8, 4) is 0 Å². The Morgan fingerprint density at radius 2 is 1.00 bits per heavy atom. The summed E-state index contributed by atoms with van der Waals surface area (Å²) in [6.07, 6.45) is 5.82. The van der Waals surface area contributed by atoms with Gasteiger partial charge in [0.15, 0.2) is 0 Å². The molecule has 6 nitrogen and oxygen atoms in total. The van der Waals surface area contributed by atoms with Crippen LogP contribution in [0.4, 0.5) is 0 Å².